The van der Waals surface area contributed by atoms with Gasteiger partial charge in [0.1, 0.15) is 10.9 Å². The number of benzene rings is 1. The van der Waals surface area contributed by atoms with Crippen LogP contribution in [0.4, 0.5) is 0 Å². The third-order valence-corrected chi connectivity index (χ3v) is 6.91. The highest BCUT2D eigenvalue weighted by atomic mass is 35.5. The van der Waals surface area contributed by atoms with Crippen LogP contribution in [-0.4, -0.2) is 48.7 Å². The Labute approximate surface area is 140 Å². The van der Waals surface area contributed by atoms with Gasteiger partial charge in [0.15, 0.2) is 0 Å². The number of nitriles is 1. The molecule has 122 valence electrons. The van der Waals surface area contributed by atoms with Crippen LogP contribution in [0.25, 0.3) is 0 Å². The standard InChI is InChI=1S/C15H16ClN3O3S/c1-10-15(20)18-6-2-3-12(18)9-19(10)23(21,22)14-5-4-11(8-17)7-13(14)16/h4-5,7,10,12H,2-3,6,9H2,1H3. The first-order chi connectivity index (χ1) is 10.9. The number of halogens is 1. The number of fused-ring (bicyclic) bond motifs is 1. The Kier molecular flexibility index (Phi) is 4.08. The van der Waals surface area contributed by atoms with Crippen molar-refractivity contribution in [1.29, 1.82) is 5.26 Å². The molecule has 23 heavy (non-hydrogen) atoms. The molecule has 0 bridgehead atoms. The molecule has 0 aromatic heterocycles. The Morgan fingerprint density at radius 3 is 2.78 bits per heavy atom. The van der Waals surface area contributed by atoms with Gasteiger partial charge in [0, 0.05) is 19.1 Å². The molecule has 2 atom stereocenters. The second kappa shape index (κ2) is 5.78. The summed E-state index contributed by atoms with van der Waals surface area (Å²) < 4.78 is 27.1. The van der Waals surface area contributed by atoms with Crippen molar-refractivity contribution in [2.45, 2.75) is 36.7 Å². The fraction of sp³-hybridized carbons (Fsp3) is 0.467. The average molecular weight is 354 g/mol. The van der Waals surface area contributed by atoms with Crippen molar-refractivity contribution >= 4 is 27.5 Å². The molecule has 0 N–H and O–H groups in total. The molecule has 0 saturated carbocycles. The lowest BCUT2D eigenvalue weighted by atomic mass is 10.1. The predicted octanol–water partition coefficient (Wildman–Crippen LogP) is 1.60. The summed E-state index contributed by atoms with van der Waals surface area (Å²) in [5.74, 6) is -0.160. The molecule has 2 aliphatic heterocycles. The van der Waals surface area contributed by atoms with Crippen molar-refractivity contribution < 1.29 is 13.2 Å². The van der Waals surface area contributed by atoms with Gasteiger partial charge in [-0.05, 0) is 38.0 Å². The van der Waals surface area contributed by atoms with E-state index in [1.165, 1.54) is 22.5 Å². The molecule has 2 aliphatic rings. The summed E-state index contributed by atoms with van der Waals surface area (Å²) in [4.78, 5) is 14.1. The van der Waals surface area contributed by atoms with E-state index in [1.807, 2.05) is 6.07 Å². The van der Waals surface area contributed by atoms with E-state index in [-0.39, 0.29) is 28.4 Å². The second-order valence-corrected chi connectivity index (χ2v) is 8.10. The average Bonchev–Trinajstić information content (AvgIpc) is 2.99. The third-order valence-electron chi connectivity index (χ3n) is 4.49. The van der Waals surface area contributed by atoms with Crippen molar-refractivity contribution in [2.24, 2.45) is 0 Å². The number of sulfonamides is 1. The normalized spacial score (nSPS) is 25.3. The predicted molar refractivity (Wildman–Crippen MR) is 84.3 cm³/mol. The SMILES string of the molecule is CC1C(=O)N2CCCC2CN1S(=O)(=O)c1ccc(C#N)cc1Cl. The number of amides is 1. The van der Waals surface area contributed by atoms with Gasteiger partial charge < -0.3 is 4.90 Å². The van der Waals surface area contributed by atoms with Crippen LogP contribution in [0, 0.1) is 11.3 Å². The summed E-state index contributed by atoms with van der Waals surface area (Å²) in [5.41, 5.74) is 0.290. The molecule has 1 aromatic carbocycles. The molecule has 0 radical (unpaired) electrons. The molecule has 1 amide bonds. The zero-order valence-electron chi connectivity index (χ0n) is 12.6. The molecule has 0 spiro atoms. The third kappa shape index (κ3) is 2.61. The number of nitrogens with zero attached hydrogens (tertiary/aromatic N) is 3. The van der Waals surface area contributed by atoms with Crippen LogP contribution in [0.2, 0.25) is 5.02 Å². The molecule has 2 unspecified atom stereocenters. The fourth-order valence-corrected chi connectivity index (χ4v) is 5.40. The summed E-state index contributed by atoms with van der Waals surface area (Å²) in [5, 5.41) is 8.86. The highest BCUT2D eigenvalue weighted by Gasteiger charge is 2.45. The van der Waals surface area contributed by atoms with Gasteiger partial charge in [0.25, 0.3) is 0 Å². The van der Waals surface area contributed by atoms with E-state index in [9.17, 15) is 13.2 Å². The van der Waals surface area contributed by atoms with E-state index in [2.05, 4.69) is 0 Å². The van der Waals surface area contributed by atoms with Crippen LogP contribution >= 0.6 is 11.6 Å². The number of carbonyl (C=O) groups excluding carboxylic acids is 1. The van der Waals surface area contributed by atoms with Gasteiger partial charge >= 0.3 is 0 Å². The number of rotatable bonds is 2. The second-order valence-electron chi connectivity index (χ2n) is 5.84. The Balaban J connectivity index is 1.99. The van der Waals surface area contributed by atoms with Gasteiger partial charge in [-0.3, -0.25) is 4.79 Å². The maximum atomic E-state index is 12.9. The van der Waals surface area contributed by atoms with Crippen LogP contribution < -0.4 is 0 Å². The van der Waals surface area contributed by atoms with Crippen LogP contribution in [-0.2, 0) is 14.8 Å². The molecule has 2 saturated heterocycles. The molecule has 3 rings (SSSR count). The Bertz CT molecular complexity index is 803. The highest BCUT2D eigenvalue weighted by Crippen LogP contribution is 2.32. The zero-order chi connectivity index (χ0) is 16.8. The van der Waals surface area contributed by atoms with Crippen molar-refractivity contribution in [1.82, 2.24) is 9.21 Å². The van der Waals surface area contributed by atoms with Crippen LogP contribution in [0.15, 0.2) is 23.1 Å². The van der Waals surface area contributed by atoms with E-state index in [0.29, 0.717) is 12.1 Å². The van der Waals surface area contributed by atoms with Crippen molar-refractivity contribution in [3.63, 3.8) is 0 Å². The molecule has 6 nitrogen and oxygen atoms in total. The van der Waals surface area contributed by atoms with E-state index in [0.717, 1.165) is 12.8 Å². The molecule has 1 aromatic rings. The van der Waals surface area contributed by atoms with E-state index >= 15 is 0 Å². The van der Waals surface area contributed by atoms with Gasteiger partial charge in [-0.2, -0.15) is 9.57 Å². The molecule has 2 heterocycles. The zero-order valence-corrected chi connectivity index (χ0v) is 14.1. The van der Waals surface area contributed by atoms with Crippen molar-refractivity contribution in [2.75, 3.05) is 13.1 Å². The Morgan fingerprint density at radius 1 is 1.39 bits per heavy atom. The molecule has 2 fully saturated rings. The van der Waals surface area contributed by atoms with Crippen LogP contribution in [0.5, 0.6) is 0 Å². The maximum Gasteiger partial charge on any atom is 0.245 e. The number of piperazine rings is 1. The lowest BCUT2D eigenvalue weighted by molar-refractivity contribution is -0.139. The summed E-state index contributed by atoms with van der Waals surface area (Å²) in [6.45, 7) is 2.58. The van der Waals surface area contributed by atoms with Gasteiger partial charge in [-0.15, -0.1) is 0 Å². The first kappa shape index (κ1) is 16.2. The minimum atomic E-state index is -3.89. The van der Waals surface area contributed by atoms with Crippen molar-refractivity contribution in [3.05, 3.63) is 28.8 Å². The minimum absolute atomic E-state index is 0.00227. The topological polar surface area (TPSA) is 81.5 Å². The van der Waals surface area contributed by atoms with Gasteiger partial charge in [-0.25, -0.2) is 8.42 Å². The first-order valence-electron chi connectivity index (χ1n) is 7.38. The van der Waals surface area contributed by atoms with Crippen LogP contribution in [0.3, 0.4) is 0 Å². The number of hydrogen-bond acceptors (Lipinski definition) is 4. The quantitative estimate of drug-likeness (QED) is 0.808. The van der Waals surface area contributed by atoms with Crippen LogP contribution in [0.1, 0.15) is 25.3 Å². The first-order valence-corrected chi connectivity index (χ1v) is 9.20. The van der Waals surface area contributed by atoms with E-state index in [4.69, 9.17) is 16.9 Å². The number of hydrogen-bond donors (Lipinski definition) is 0. The lowest BCUT2D eigenvalue weighted by Crippen LogP contribution is -2.59. The van der Waals surface area contributed by atoms with Gasteiger partial charge in [0.2, 0.25) is 15.9 Å². The molecular formula is C15H16ClN3O3S. The lowest BCUT2D eigenvalue weighted by Gasteiger charge is -2.40. The Hall–Kier alpha value is -1.62. The summed E-state index contributed by atoms with van der Waals surface area (Å²) >= 11 is 6.05. The van der Waals surface area contributed by atoms with Gasteiger partial charge in [0.05, 0.1) is 16.7 Å². The summed E-state index contributed by atoms with van der Waals surface area (Å²) in [6.07, 6.45) is 1.71. The minimum Gasteiger partial charge on any atom is -0.337 e. The van der Waals surface area contributed by atoms with Crippen molar-refractivity contribution in [3.8, 4) is 6.07 Å². The molecule has 8 heteroatoms. The van der Waals surface area contributed by atoms with E-state index in [1.54, 1.807) is 11.8 Å². The number of carbonyl (C=O) groups is 1. The molecular weight excluding hydrogens is 338 g/mol. The van der Waals surface area contributed by atoms with E-state index < -0.39 is 16.1 Å². The fourth-order valence-electron chi connectivity index (χ4n) is 3.26. The summed E-state index contributed by atoms with van der Waals surface area (Å²) in [6, 6.07) is 5.17. The maximum absolute atomic E-state index is 12.9. The smallest absolute Gasteiger partial charge is 0.245 e. The summed E-state index contributed by atoms with van der Waals surface area (Å²) in [7, 11) is -3.89. The largest absolute Gasteiger partial charge is 0.337 e. The monoisotopic (exact) mass is 353 g/mol. The van der Waals surface area contributed by atoms with Gasteiger partial charge in [-0.1, -0.05) is 11.6 Å². The highest BCUT2D eigenvalue weighted by molar-refractivity contribution is 7.89. The Morgan fingerprint density at radius 2 is 2.13 bits per heavy atom. The molecule has 0 aliphatic carbocycles.